The molecule has 0 bridgehead atoms. The number of fused-ring (bicyclic) bond motifs is 1. The molecular formula is C16H11BrClKN2O5S. The molecule has 1 aliphatic rings. The van der Waals surface area contributed by atoms with Crippen LogP contribution in [-0.2, 0) is 14.7 Å². The number of rotatable bonds is 3. The molecule has 3 rings (SSSR count). The average molecular weight is 498 g/mol. The molecule has 0 N–H and O–H groups in total. The first-order chi connectivity index (χ1) is 12.3. The van der Waals surface area contributed by atoms with Crippen LogP contribution in [0, 0.1) is 0 Å². The van der Waals surface area contributed by atoms with Crippen LogP contribution < -0.4 is 56.3 Å². The van der Waals surface area contributed by atoms with Crippen molar-refractivity contribution in [1.29, 1.82) is 0 Å². The Bertz CT molecular complexity index is 1020. The molecule has 0 fully saturated rings. The Labute approximate surface area is 212 Å². The van der Waals surface area contributed by atoms with Crippen LogP contribution in [0.25, 0.3) is 0 Å². The first-order valence-corrected chi connectivity index (χ1v) is 9.84. The standard InChI is InChI=1S/C16H12BrClN2O5S.K/c17-13-4-2-1-3-11(13)16(21)20-8-7-14(19-25-26(22,23)24)12-6-5-10(18)9-15(12)20;/h1-6,9H,7-8H2,(H,22,23,24);/q;+1/p-1. The molecule has 27 heavy (non-hydrogen) atoms. The molecule has 7 nitrogen and oxygen atoms in total. The number of carbonyl (C=O) groups is 1. The summed E-state index contributed by atoms with van der Waals surface area (Å²) in [4.78, 5) is 14.5. The van der Waals surface area contributed by atoms with Crippen molar-refractivity contribution in [3.63, 3.8) is 0 Å². The van der Waals surface area contributed by atoms with Crippen LogP contribution in [0.3, 0.4) is 0 Å². The normalized spacial score (nSPS) is 15.1. The summed E-state index contributed by atoms with van der Waals surface area (Å²) >= 11 is 9.41. The van der Waals surface area contributed by atoms with Crippen molar-refractivity contribution in [1.82, 2.24) is 0 Å². The van der Waals surface area contributed by atoms with E-state index < -0.39 is 10.4 Å². The molecule has 0 unspecified atom stereocenters. The van der Waals surface area contributed by atoms with E-state index in [9.17, 15) is 17.8 Å². The Kier molecular flexibility index (Phi) is 8.05. The Morgan fingerprint density at radius 3 is 2.63 bits per heavy atom. The van der Waals surface area contributed by atoms with Gasteiger partial charge < -0.3 is 9.45 Å². The Balaban J connectivity index is 0.00000261. The van der Waals surface area contributed by atoms with E-state index >= 15 is 0 Å². The predicted octanol–water partition coefficient (Wildman–Crippen LogP) is 0.338. The van der Waals surface area contributed by atoms with Crippen LogP contribution in [0.1, 0.15) is 22.3 Å². The number of halogens is 2. The van der Waals surface area contributed by atoms with Gasteiger partial charge in [0, 0.05) is 28.0 Å². The maximum atomic E-state index is 13.0. The van der Waals surface area contributed by atoms with Gasteiger partial charge in [-0.3, -0.25) is 9.08 Å². The van der Waals surface area contributed by atoms with E-state index in [0.29, 0.717) is 26.3 Å². The van der Waals surface area contributed by atoms with Gasteiger partial charge in [0.1, 0.15) is 0 Å². The molecule has 1 amide bonds. The first kappa shape index (κ1) is 23.0. The van der Waals surface area contributed by atoms with Gasteiger partial charge in [-0.25, -0.2) is 0 Å². The number of benzene rings is 2. The minimum atomic E-state index is -4.96. The molecule has 2 aromatic rings. The molecule has 0 aliphatic carbocycles. The Morgan fingerprint density at radius 2 is 1.96 bits per heavy atom. The Morgan fingerprint density at radius 1 is 1.26 bits per heavy atom. The number of amides is 1. The van der Waals surface area contributed by atoms with Gasteiger partial charge in [-0.1, -0.05) is 28.9 Å². The largest absolute Gasteiger partial charge is 1.00 e. The SMILES string of the molecule is O=C(c1ccccc1Br)N1CCC(=NOS(=O)(=O)[O-])c2ccc(Cl)cc21.[K+]. The number of hydrogen-bond acceptors (Lipinski definition) is 6. The maximum absolute atomic E-state index is 13.0. The third-order valence-electron chi connectivity index (χ3n) is 3.72. The summed E-state index contributed by atoms with van der Waals surface area (Å²) in [5, 5.41) is 3.83. The van der Waals surface area contributed by atoms with Gasteiger partial charge in [-0.2, -0.15) is 8.42 Å². The second-order valence-electron chi connectivity index (χ2n) is 5.37. The summed E-state index contributed by atoms with van der Waals surface area (Å²) in [5.74, 6) is -0.252. The minimum Gasteiger partial charge on any atom is -0.714 e. The number of carbonyl (C=O) groups excluding carboxylic acids is 1. The summed E-state index contributed by atoms with van der Waals surface area (Å²) < 4.78 is 36.6. The monoisotopic (exact) mass is 496 g/mol. The fourth-order valence-electron chi connectivity index (χ4n) is 2.62. The van der Waals surface area contributed by atoms with E-state index in [2.05, 4.69) is 25.4 Å². The van der Waals surface area contributed by atoms with Crippen molar-refractivity contribution in [3.8, 4) is 0 Å². The van der Waals surface area contributed by atoms with Gasteiger partial charge in [0.2, 0.25) is 0 Å². The average Bonchev–Trinajstić information content (AvgIpc) is 2.58. The first-order valence-electron chi connectivity index (χ1n) is 7.34. The van der Waals surface area contributed by atoms with E-state index in [1.807, 2.05) is 0 Å². The second-order valence-corrected chi connectivity index (χ2v) is 7.63. The quantitative estimate of drug-likeness (QED) is 0.263. The maximum Gasteiger partial charge on any atom is 1.00 e. The summed E-state index contributed by atoms with van der Waals surface area (Å²) in [6.07, 6.45) is 0.209. The van der Waals surface area contributed by atoms with Crippen molar-refractivity contribution in [2.75, 3.05) is 11.4 Å². The van der Waals surface area contributed by atoms with Crippen molar-refractivity contribution in [2.24, 2.45) is 5.16 Å². The van der Waals surface area contributed by atoms with Gasteiger partial charge in [0.15, 0.2) is 0 Å². The van der Waals surface area contributed by atoms with Crippen molar-refractivity contribution in [3.05, 3.63) is 63.1 Å². The zero-order valence-corrected chi connectivity index (χ0v) is 20.3. The summed E-state index contributed by atoms with van der Waals surface area (Å²) in [6, 6.07) is 11.7. The fourth-order valence-corrected chi connectivity index (χ4v) is 3.42. The number of nitrogens with zero attached hydrogens (tertiary/aromatic N) is 2. The molecule has 0 atom stereocenters. The molecule has 0 radical (unpaired) electrons. The molecule has 136 valence electrons. The van der Waals surface area contributed by atoms with Crippen LogP contribution in [0.4, 0.5) is 5.69 Å². The Hall–Kier alpha value is -0.304. The van der Waals surface area contributed by atoms with Gasteiger partial charge in [0.05, 0.1) is 17.0 Å². The van der Waals surface area contributed by atoms with E-state index in [4.69, 9.17) is 11.6 Å². The third kappa shape index (κ3) is 5.61. The zero-order valence-electron chi connectivity index (χ0n) is 14.1. The van der Waals surface area contributed by atoms with Crippen molar-refractivity contribution in [2.45, 2.75) is 6.42 Å². The van der Waals surface area contributed by atoms with Crippen LogP contribution in [0.2, 0.25) is 5.02 Å². The summed E-state index contributed by atoms with van der Waals surface area (Å²) in [5.41, 5.74) is 1.63. The van der Waals surface area contributed by atoms with Gasteiger partial charge >= 0.3 is 51.4 Å². The smallest absolute Gasteiger partial charge is 0.714 e. The topological polar surface area (TPSA) is 99.1 Å². The van der Waals surface area contributed by atoms with E-state index in [-0.39, 0.29) is 76.0 Å². The molecule has 0 spiro atoms. The van der Waals surface area contributed by atoms with Gasteiger partial charge in [0.25, 0.3) is 16.3 Å². The van der Waals surface area contributed by atoms with Crippen LogP contribution in [-0.4, -0.2) is 31.1 Å². The van der Waals surface area contributed by atoms with Crippen LogP contribution >= 0.6 is 27.5 Å². The van der Waals surface area contributed by atoms with Crippen molar-refractivity contribution >= 4 is 55.2 Å². The molecule has 0 saturated carbocycles. The number of oxime groups is 1. The second kappa shape index (κ2) is 9.46. The molecule has 0 saturated heterocycles. The zero-order chi connectivity index (χ0) is 18.9. The van der Waals surface area contributed by atoms with E-state index in [1.165, 1.54) is 4.90 Å². The number of hydrogen-bond donors (Lipinski definition) is 0. The van der Waals surface area contributed by atoms with E-state index in [0.717, 1.165) is 0 Å². The molecule has 11 heteroatoms. The van der Waals surface area contributed by atoms with Gasteiger partial charge in [-0.15, -0.1) is 0 Å². The predicted molar refractivity (Wildman–Crippen MR) is 99.2 cm³/mol. The van der Waals surface area contributed by atoms with Crippen LogP contribution in [0.5, 0.6) is 0 Å². The van der Waals surface area contributed by atoms with Crippen LogP contribution in [0.15, 0.2) is 52.1 Å². The molecule has 1 heterocycles. The number of anilines is 1. The summed E-state index contributed by atoms with van der Waals surface area (Å²) in [7, 11) is -4.96. The molecular weight excluding hydrogens is 487 g/mol. The van der Waals surface area contributed by atoms with E-state index in [1.54, 1.807) is 42.5 Å². The molecule has 0 aromatic heterocycles. The third-order valence-corrected chi connectivity index (χ3v) is 4.91. The minimum absolute atomic E-state index is 0. The van der Waals surface area contributed by atoms with Gasteiger partial charge in [-0.05, 0) is 46.3 Å². The van der Waals surface area contributed by atoms with Crippen molar-refractivity contribution < 1.29 is 73.4 Å². The fraction of sp³-hybridized carbons (Fsp3) is 0.125. The summed E-state index contributed by atoms with van der Waals surface area (Å²) in [6.45, 7) is 0.217. The molecule has 2 aromatic carbocycles. The molecule has 1 aliphatic heterocycles.